The molecular formula is C12H6BrCl3N2O. The van der Waals surface area contributed by atoms with Gasteiger partial charge in [0, 0.05) is 0 Å². The Morgan fingerprint density at radius 3 is 2.42 bits per heavy atom. The number of carbonyl (C=O) groups is 1. The molecule has 0 saturated carbocycles. The lowest BCUT2D eigenvalue weighted by atomic mass is 10.2. The quantitative estimate of drug-likeness (QED) is 0.740. The number of amides is 1. The second-order valence-electron chi connectivity index (χ2n) is 3.55. The molecule has 0 fully saturated rings. The molecule has 0 aliphatic rings. The lowest BCUT2D eigenvalue weighted by molar-refractivity contribution is 0.102. The van der Waals surface area contributed by atoms with Crippen molar-refractivity contribution in [3.63, 3.8) is 0 Å². The molecule has 1 amide bonds. The molecule has 3 nitrogen and oxygen atoms in total. The lowest BCUT2D eigenvalue weighted by Crippen LogP contribution is -2.13. The second kappa shape index (κ2) is 6.09. The van der Waals surface area contributed by atoms with Gasteiger partial charge in [0.25, 0.3) is 5.91 Å². The molecule has 0 unspecified atom stereocenters. The van der Waals surface area contributed by atoms with Crippen molar-refractivity contribution in [3.05, 3.63) is 55.7 Å². The highest BCUT2D eigenvalue weighted by molar-refractivity contribution is 9.10. The van der Waals surface area contributed by atoms with Crippen LogP contribution in [-0.4, -0.2) is 10.9 Å². The van der Waals surface area contributed by atoms with Crippen LogP contribution in [0.15, 0.2) is 34.9 Å². The zero-order chi connectivity index (χ0) is 14.0. The first-order valence-corrected chi connectivity index (χ1v) is 6.98. The number of aromatic nitrogens is 1. The van der Waals surface area contributed by atoms with Gasteiger partial charge in [-0.2, -0.15) is 0 Å². The van der Waals surface area contributed by atoms with Gasteiger partial charge in [-0.1, -0.05) is 40.9 Å². The summed E-state index contributed by atoms with van der Waals surface area (Å²) >= 11 is 20.9. The molecule has 0 aliphatic carbocycles. The largest absolute Gasteiger partial charge is 0.320 e. The van der Waals surface area contributed by atoms with Gasteiger partial charge in [-0.25, -0.2) is 4.98 Å². The average molecular weight is 380 g/mol. The molecule has 19 heavy (non-hydrogen) atoms. The van der Waals surface area contributed by atoms with E-state index in [0.29, 0.717) is 15.3 Å². The number of halogens is 4. The summed E-state index contributed by atoms with van der Waals surface area (Å²) in [5, 5.41) is 3.53. The smallest absolute Gasteiger partial charge is 0.258 e. The van der Waals surface area contributed by atoms with Crippen LogP contribution in [0.5, 0.6) is 0 Å². The molecule has 0 spiro atoms. The standard InChI is InChI=1S/C12H6BrCl3N2O/c13-7-4-6(5-17-11(7)16)18-12(19)10-8(14)2-1-3-9(10)15/h1-5H,(H,18,19). The van der Waals surface area contributed by atoms with E-state index in [4.69, 9.17) is 34.8 Å². The van der Waals surface area contributed by atoms with E-state index < -0.39 is 5.91 Å². The number of pyridine rings is 1. The number of benzene rings is 1. The van der Waals surface area contributed by atoms with Crippen LogP contribution < -0.4 is 5.32 Å². The van der Waals surface area contributed by atoms with Crippen molar-refractivity contribution in [1.82, 2.24) is 4.98 Å². The highest BCUT2D eigenvalue weighted by Crippen LogP contribution is 2.27. The van der Waals surface area contributed by atoms with Gasteiger partial charge in [0.2, 0.25) is 0 Å². The Kier molecular flexibility index (Phi) is 4.68. The fraction of sp³-hybridized carbons (Fsp3) is 0. The van der Waals surface area contributed by atoms with E-state index >= 15 is 0 Å². The Morgan fingerprint density at radius 2 is 1.84 bits per heavy atom. The van der Waals surface area contributed by atoms with E-state index in [9.17, 15) is 4.79 Å². The summed E-state index contributed by atoms with van der Waals surface area (Å²) in [4.78, 5) is 16.0. The lowest BCUT2D eigenvalue weighted by Gasteiger charge is -2.08. The molecule has 1 N–H and O–H groups in total. The Labute approximate surface area is 133 Å². The van der Waals surface area contributed by atoms with Crippen molar-refractivity contribution in [1.29, 1.82) is 0 Å². The van der Waals surface area contributed by atoms with Gasteiger partial charge in [0.15, 0.2) is 0 Å². The van der Waals surface area contributed by atoms with E-state index in [1.165, 1.54) is 6.20 Å². The van der Waals surface area contributed by atoms with Gasteiger partial charge in [-0.05, 0) is 34.1 Å². The van der Waals surface area contributed by atoms with Crippen molar-refractivity contribution < 1.29 is 4.79 Å². The van der Waals surface area contributed by atoms with Crippen LogP contribution in [0.25, 0.3) is 0 Å². The average Bonchev–Trinajstić information content (AvgIpc) is 2.33. The summed E-state index contributed by atoms with van der Waals surface area (Å²) in [6, 6.07) is 6.50. The molecule has 0 aliphatic heterocycles. The Morgan fingerprint density at radius 1 is 1.21 bits per heavy atom. The van der Waals surface area contributed by atoms with E-state index in [-0.39, 0.29) is 15.6 Å². The SMILES string of the molecule is O=C(Nc1cnc(Cl)c(Br)c1)c1c(Cl)cccc1Cl. The predicted octanol–water partition coefficient (Wildman–Crippen LogP) is 5.06. The topological polar surface area (TPSA) is 42.0 Å². The number of carbonyl (C=O) groups excluding carboxylic acids is 1. The highest BCUT2D eigenvalue weighted by Gasteiger charge is 2.15. The molecule has 98 valence electrons. The van der Waals surface area contributed by atoms with Crippen LogP contribution in [0, 0.1) is 0 Å². The summed E-state index contributed by atoms with van der Waals surface area (Å²) in [5.41, 5.74) is 0.703. The van der Waals surface area contributed by atoms with Crippen molar-refractivity contribution in [2.24, 2.45) is 0 Å². The summed E-state index contributed by atoms with van der Waals surface area (Å²) in [7, 11) is 0. The Bertz CT molecular complexity index is 629. The molecule has 0 bridgehead atoms. The monoisotopic (exact) mass is 378 g/mol. The van der Waals surface area contributed by atoms with Gasteiger partial charge in [-0.15, -0.1) is 0 Å². The maximum Gasteiger partial charge on any atom is 0.258 e. The summed E-state index contributed by atoms with van der Waals surface area (Å²) in [5.74, 6) is -0.411. The number of hydrogen-bond donors (Lipinski definition) is 1. The van der Waals surface area contributed by atoms with Crippen molar-refractivity contribution in [2.45, 2.75) is 0 Å². The van der Waals surface area contributed by atoms with Crippen LogP contribution in [-0.2, 0) is 0 Å². The van der Waals surface area contributed by atoms with Gasteiger partial charge >= 0.3 is 0 Å². The Balaban J connectivity index is 2.28. The minimum absolute atomic E-state index is 0.219. The van der Waals surface area contributed by atoms with Crippen LogP contribution in [0.1, 0.15) is 10.4 Å². The molecule has 1 aromatic carbocycles. The van der Waals surface area contributed by atoms with Gasteiger partial charge in [0.1, 0.15) is 5.15 Å². The first-order chi connectivity index (χ1) is 8.99. The molecule has 0 saturated heterocycles. The Hall–Kier alpha value is -0.810. The number of nitrogens with one attached hydrogen (secondary N) is 1. The zero-order valence-corrected chi connectivity index (χ0v) is 13.1. The number of nitrogens with zero attached hydrogens (tertiary/aromatic N) is 1. The third-order valence-corrected chi connectivity index (χ3v) is 4.01. The minimum atomic E-state index is -0.411. The maximum absolute atomic E-state index is 12.1. The van der Waals surface area contributed by atoms with E-state index in [2.05, 4.69) is 26.2 Å². The molecule has 7 heteroatoms. The molecular weight excluding hydrogens is 374 g/mol. The van der Waals surface area contributed by atoms with Gasteiger partial charge in [-0.3, -0.25) is 4.79 Å². The third-order valence-electron chi connectivity index (χ3n) is 2.24. The molecule has 0 atom stereocenters. The van der Waals surface area contributed by atoms with Crippen LogP contribution in [0.4, 0.5) is 5.69 Å². The molecule has 1 heterocycles. The van der Waals surface area contributed by atoms with Crippen molar-refractivity contribution >= 4 is 62.3 Å². The van der Waals surface area contributed by atoms with Gasteiger partial charge in [0.05, 0.1) is 32.0 Å². The molecule has 2 aromatic rings. The van der Waals surface area contributed by atoms with Crippen molar-refractivity contribution in [3.8, 4) is 0 Å². The predicted molar refractivity (Wildman–Crippen MR) is 81.4 cm³/mol. The normalized spacial score (nSPS) is 10.3. The fourth-order valence-electron chi connectivity index (χ4n) is 1.40. The van der Waals surface area contributed by atoms with Crippen LogP contribution in [0.2, 0.25) is 15.2 Å². The highest BCUT2D eigenvalue weighted by atomic mass is 79.9. The fourth-order valence-corrected chi connectivity index (χ4v) is 2.42. The number of rotatable bonds is 2. The molecule has 1 aromatic heterocycles. The van der Waals surface area contributed by atoms with E-state index in [0.717, 1.165) is 0 Å². The first kappa shape index (κ1) is 14.6. The van der Waals surface area contributed by atoms with Crippen molar-refractivity contribution in [2.75, 3.05) is 5.32 Å². The van der Waals surface area contributed by atoms with Crippen LogP contribution >= 0.6 is 50.7 Å². The summed E-state index contributed by atoms with van der Waals surface area (Å²) < 4.78 is 0.581. The van der Waals surface area contributed by atoms with E-state index in [1.54, 1.807) is 24.3 Å². The van der Waals surface area contributed by atoms with Gasteiger partial charge < -0.3 is 5.32 Å². The minimum Gasteiger partial charge on any atom is -0.320 e. The summed E-state index contributed by atoms with van der Waals surface area (Å²) in [6.45, 7) is 0. The van der Waals surface area contributed by atoms with E-state index in [1.807, 2.05) is 0 Å². The van der Waals surface area contributed by atoms with Crippen LogP contribution in [0.3, 0.4) is 0 Å². The third kappa shape index (κ3) is 3.39. The molecule has 2 rings (SSSR count). The maximum atomic E-state index is 12.1. The zero-order valence-electron chi connectivity index (χ0n) is 9.25. The molecule has 0 radical (unpaired) electrons. The number of anilines is 1. The first-order valence-electron chi connectivity index (χ1n) is 5.05. The second-order valence-corrected chi connectivity index (χ2v) is 5.57. The summed E-state index contributed by atoms with van der Waals surface area (Å²) in [6.07, 6.45) is 1.44. The number of hydrogen-bond acceptors (Lipinski definition) is 2.